The first-order valence-electron chi connectivity index (χ1n) is 8.33. The molecule has 11 nitrogen and oxygen atoms in total. The topological polar surface area (TPSA) is 172 Å². The van der Waals surface area contributed by atoms with E-state index >= 15 is 0 Å². The molecule has 1 aliphatic rings. The van der Waals surface area contributed by atoms with Gasteiger partial charge in [-0.05, 0) is 13.0 Å². The third kappa shape index (κ3) is 3.93. The molecule has 0 unspecified atom stereocenters. The van der Waals surface area contributed by atoms with E-state index in [0.29, 0.717) is 23.6 Å². The molecule has 2 aromatic heterocycles. The average Bonchev–Trinajstić information content (AvgIpc) is 3.05. The number of nitrogens with one attached hydrogen (secondary N) is 1. The molecule has 0 fully saturated rings. The Morgan fingerprint density at radius 2 is 2.00 bits per heavy atom. The smallest absolute Gasteiger partial charge is 0.183 e. The Balaban J connectivity index is 2.00. The zero-order valence-electron chi connectivity index (χ0n) is 14.7. The molecule has 27 heavy (non-hydrogen) atoms. The lowest BCUT2D eigenvalue weighted by atomic mass is 10.3. The lowest BCUT2D eigenvalue weighted by Crippen LogP contribution is -2.28. The van der Waals surface area contributed by atoms with Crippen LogP contribution in [0, 0.1) is 0 Å². The highest BCUT2D eigenvalue weighted by molar-refractivity contribution is 6.39. The second kappa shape index (κ2) is 7.93. The van der Waals surface area contributed by atoms with E-state index in [1.807, 2.05) is 6.92 Å². The Labute approximate surface area is 154 Å². The number of hydrogen-bond acceptors (Lipinski definition) is 10. The summed E-state index contributed by atoms with van der Waals surface area (Å²) in [4.78, 5) is 17.5. The third-order valence-electron chi connectivity index (χ3n) is 3.72. The minimum atomic E-state index is -0.604. The van der Waals surface area contributed by atoms with Crippen molar-refractivity contribution < 1.29 is 10.2 Å². The molecule has 0 spiro atoms. The molecule has 3 rings (SSSR count). The van der Waals surface area contributed by atoms with E-state index in [0.717, 1.165) is 0 Å². The van der Waals surface area contributed by atoms with Crippen molar-refractivity contribution in [3.8, 4) is 0 Å². The Morgan fingerprint density at radius 3 is 2.70 bits per heavy atom. The molecule has 3 heterocycles. The Hall–Kier alpha value is -3.31. The monoisotopic (exact) mass is 371 g/mol. The summed E-state index contributed by atoms with van der Waals surface area (Å²) in [6, 6.07) is 2.67. The number of aliphatic imine (C=N–C) groups is 1. The highest BCUT2D eigenvalue weighted by Gasteiger charge is 2.17. The maximum absolute atomic E-state index is 9.23. The summed E-state index contributed by atoms with van der Waals surface area (Å²) >= 11 is 0. The molecule has 142 valence electrons. The van der Waals surface area contributed by atoms with Gasteiger partial charge >= 0.3 is 0 Å². The minimum Gasteiger partial charge on any atom is -0.396 e. The normalized spacial score (nSPS) is 15.0. The lowest BCUT2D eigenvalue weighted by Gasteiger charge is -2.16. The second-order valence-electron chi connectivity index (χ2n) is 5.72. The van der Waals surface area contributed by atoms with E-state index in [2.05, 4.69) is 30.4 Å². The maximum atomic E-state index is 9.23. The van der Waals surface area contributed by atoms with Crippen molar-refractivity contribution in [1.82, 2.24) is 14.6 Å². The van der Waals surface area contributed by atoms with Crippen LogP contribution >= 0.6 is 0 Å². The maximum Gasteiger partial charge on any atom is 0.183 e. The van der Waals surface area contributed by atoms with Crippen LogP contribution in [0.4, 0.5) is 23.0 Å². The van der Waals surface area contributed by atoms with Crippen LogP contribution in [0.5, 0.6) is 0 Å². The van der Waals surface area contributed by atoms with E-state index in [9.17, 15) is 10.2 Å². The Bertz CT molecular complexity index is 961. The third-order valence-corrected chi connectivity index (χ3v) is 3.72. The van der Waals surface area contributed by atoms with E-state index in [1.165, 1.54) is 6.07 Å². The molecule has 0 aromatic carbocycles. The van der Waals surface area contributed by atoms with Crippen molar-refractivity contribution >= 4 is 34.9 Å². The molecule has 1 aliphatic heterocycles. The van der Waals surface area contributed by atoms with Crippen LogP contribution in [-0.2, 0) is 0 Å². The number of nitrogen functional groups attached to an aromatic ring is 2. The summed E-state index contributed by atoms with van der Waals surface area (Å²) in [5, 5.41) is 25.5. The molecule has 0 radical (unpaired) electrons. The van der Waals surface area contributed by atoms with Crippen LogP contribution in [0.1, 0.15) is 12.7 Å². The van der Waals surface area contributed by atoms with Gasteiger partial charge in [0.2, 0.25) is 0 Å². The molecule has 2 aromatic rings. The van der Waals surface area contributed by atoms with Gasteiger partial charge in [0.1, 0.15) is 5.71 Å². The lowest BCUT2D eigenvalue weighted by molar-refractivity contribution is 0.203. The van der Waals surface area contributed by atoms with E-state index in [-0.39, 0.29) is 36.2 Å². The van der Waals surface area contributed by atoms with Gasteiger partial charge in [0, 0.05) is 18.8 Å². The van der Waals surface area contributed by atoms with Gasteiger partial charge in [-0.25, -0.2) is 19.6 Å². The summed E-state index contributed by atoms with van der Waals surface area (Å²) < 4.78 is 1.58. The first-order chi connectivity index (χ1) is 13.0. The second-order valence-corrected chi connectivity index (χ2v) is 5.72. The summed E-state index contributed by atoms with van der Waals surface area (Å²) in [5.41, 5.74) is 13.5. The number of aliphatic hydroxyl groups is 2. The SMILES string of the molecule is CCN=c1ccn2c(n1)/C(=N\c1nc(NC(CO)CO)c(N)cc1N)C=N2. The van der Waals surface area contributed by atoms with Gasteiger partial charge in [-0.3, -0.25) is 4.99 Å². The van der Waals surface area contributed by atoms with Crippen LogP contribution < -0.4 is 22.3 Å². The largest absolute Gasteiger partial charge is 0.396 e. The fraction of sp³-hybridized carbons (Fsp3) is 0.312. The van der Waals surface area contributed by atoms with Crippen molar-refractivity contribution in [2.24, 2.45) is 15.1 Å². The number of anilines is 3. The molecule has 7 N–H and O–H groups in total. The Kier molecular flexibility index (Phi) is 5.43. The van der Waals surface area contributed by atoms with Gasteiger partial charge in [-0.1, -0.05) is 0 Å². The number of rotatable bonds is 6. The zero-order valence-corrected chi connectivity index (χ0v) is 14.7. The number of nitrogens with zero attached hydrogens (tertiary/aromatic N) is 6. The summed E-state index contributed by atoms with van der Waals surface area (Å²) in [5.74, 6) is 0.999. The van der Waals surface area contributed by atoms with Gasteiger partial charge in [0.05, 0.1) is 36.8 Å². The number of aliphatic hydroxyl groups excluding tert-OH is 2. The number of hydrogen-bond donors (Lipinski definition) is 5. The fourth-order valence-corrected chi connectivity index (χ4v) is 2.37. The number of pyridine rings is 1. The molecule has 0 aliphatic carbocycles. The van der Waals surface area contributed by atoms with Crippen LogP contribution in [0.3, 0.4) is 0 Å². The van der Waals surface area contributed by atoms with Crippen molar-refractivity contribution in [1.29, 1.82) is 0 Å². The molecule has 0 amide bonds. The molecule has 11 heteroatoms. The van der Waals surface area contributed by atoms with Crippen molar-refractivity contribution in [3.05, 3.63) is 29.6 Å². The molecule has 0 saturated heterocycles. The fourth-order valence-electron chi connectivity index (χ4n) is 2.37. The van der Waals surface area contributed by atoms with E-state index < -0.39 is 6.04 Å². The van der Waals surface area contributed by atoms with Crippen LogP contribution in [-0.4, -0.2) is 62.6 Å². The Morgan fingerprint density at radius 1 is 1.22 bits per heavy atom. The van der Waals surface area contributed by atoms with Crippen molar-refractivity contribution in [2.75, 3.05) is 36.5 Å². The first-order valence-corrected chi connectivity index (χ1v) is 8.33. The van der Waals surface area contributed by atoms with Gasteiger partial charge in [0.25, 0.3) is 0 Å². The number of nitrogens with two attached hydrogens (primary N) is 2. The zero-order chi connectivity index (χ0) is 19.4. The van der Waals surface area contributed by atoms with E-state index in [4.69, 9.17) is 11.5 Å². The van der Waals surface area contributed by atoms with Crippen LogP contribution in [0.2, 0.25) is 0 Å². The molecule has 0 atom stereocenters. The highest BCUT2D eigenvalue weighted by atomic mass is 16.3. The van der Waals surface area contributed by atoms with E-state index in [1.54, 1.807) is 23.2 Å². The van der Waals surface area contributed by atoms with Crippen LogP contribution in [0.25, 0.3) is 0 Å². The van der Waals surface area contributed by atoms with Gasteiger partial charge < -0.3 is 27.0 Å². The predicted molar refractivity (Wildman–Crippen MR) is 103 cm³/mol. The number of fused-ring (bicyclic) bond motifs is 1. The van der Waals surface area contributed by atoms with Gasteiger partial charge in [-0.2, -0.15) is 5.10 Å². The van der Waals surface area contributed by atoms with Gasteiger partial charge in [0.15, 0.2) is 22.9 Å². The molecule has 0 saturated carbocycles. The summed E-state index contributed by atoms with van der Waals surface area (Å²) in [7, 11) is 0. The van der Waals surface area contributed by atoms with Crippen LogP contribution in [0.15, 0.2) is 33.4 Å². The van der Waals surface area contributed by atoms with Crippen molar-refractivity contribution in [3.63, 3.8) is 0 Å². The number of aromatic nitrogens is 3. The molecular weight excluding hydrogens is 350 g/mol. The average molecular weight is 371 g/mol. The minimum absolute atomic E-state index is 0.218. The molecular formula is C16H21N9O2. The predicted octanol–water partition coefficient (Wildman–Crippen LogP) is -0.903. The highest BCUT2D eigenvalue weighted by Crippen LogP contribution is 2.28. The first kappa shape index (κ1) is 18.5. The van der Waals surface area contributed by atoms with Gasteiger partial charge in [-0.15, -0.1) is 0 Å². The summed E-state index contributed by atoms with van der Waals surface area (Å²) in [6.45, 7) is 1.97. The molecule has 0 bridgehead atoms. The quantitative estimate of drug-likeness (QED) is 0.437. The van der Waals surface area contributed by atoms with Crippen molar-refractivity contribution in [2.45, 2.75) is 13.0 Å². The standard InChI is InChI=1S/C16H21N9O2/c1-2-19-13-3-4-25-16(23-13)12(6-20-25)22-15-11(18)5-10(17)14(24-15)21-9(7-26)8-27/h3-6,9,26-27H,2,7-8,17-18H2,1H3,(H,21,24)/b19-13?,22-12-. The summed E-state index contributed by atoms with van der Waals surface area (Å²) in [6.07, 6.45) is 3.29.